The van der Waals surface area contributed by atoms with Gasteiger partial charge in [-0.15, -0.1) is 0 Å². The summed E-state index contributed by atoms with van der Waals surface area (Å²) in [6.07, 6.45) is 2.14. The fourth-order valence-corrected chi connectivity index (χ4v) is 1.43. The quantitative estimate of drug-likeness (QED) is 0.563. The Balaban J connectivity index is 2.27. The number of allylic oxidation sites excluding steroid dienone is 1. The van der Waals surface area contributed by atoms with Crippen LogP contribution in [-0.2, 0) is 0 Å². The van der Waals surface area contributed by atoms with Crippen LogP contribution in [0.4, 0.5) is 0 Å². The summed E-state index contributed by atoms with van der Waals surface area (Å²) < 4.78 is 0. The van der Waals surface area contributed by atoms with E-state index in [1.807, 2.05) is 0 Å². The monoisotopic (exact) mass is 141 g/mol. The minimum atomic E-state index is 0.231. The molecule has 1 unspecified atom stereocenters. The lowest BCUT2D eigenvalue weighted by molar-refractivity contribution is 0.157. The van der Waals surface area contributed by atoms with Crippen LogP contribution in [0.2, 0.25) is 0 Å². The van der Waals surface area contributed by atoms with Gasteiger partial charge in [0, 0.05) is 6.61 Å². The van der Waals surface area contributed by atoms with E-state index in [1.165, 1.54) is 5.57 Å². The Kier molecular flexibility index (Phi) is 2.46. The zero-order chi connectivity index (χ0) is 7.56. The van der Waals surface area contributed by atoms with Crippen molar-refractivity contribution in [2.45, 2.75) is 12.8 Å². The second kappa shape index (κ2) is 3.17. The number of nitrogens with two attached hydrogens (primary N) is 1. The summed E-state index contributed by atoms with van der Waals surface area (Å²) in [7, 11) is 0. The Morgan fingerprint density at radius 2 is 2.30 bits per heavy atom. The second-order valence-corrected chi connectivity index (χ2v) is 3.10. The molecule has 0 heterocycles. The van der Waals surface area contributed by atoms with Gasteiger partial charge in [-0.05, 0) is 31.2 Å². The van der Waals surface area contributed by atoms with Crippen molar-refractivity contribution < 1.29 is 5.11 Å². The topological polar surface area (TPSA) is 46.2 Å². The molecule has 0 bridgehead atoms. The van der Waals surface area contributed by atoms with E-state index >= 15 is 0 Å². The second-order valence-electron chi connectivity index (χ2n) is 3.10. The van der Waals surface area contributed by atoms with Gasteiger partial charge in [0.15, 0.2) is 0 Å². The summed E-state index contributed by atoms with van der Waals surface area (Å²) in [6, 6.07) is 0. The summed E-state index contributed by atoms with van der Waals surface area (Å²) in [6.45, 7) is 4.68. The Morgan fingerprint density at radius 3 is 2.60 bits per heavy atom. The lowest BCUT2D eigenvalue weighted by atomic mass is 9.73. The van der Waals surface area contributed by atoms with Crippen molar-refractivity contribution in [3.05, 3.63) is 12.2 Å². The molecule has 3 N–H and O–H groups in total. The molecular formula is C8H15NO. The smallest absolute Gasteiger partial charge is 0.0474 e. The van der Waals surface area contributed by atoms with Gasteiger partial charge in [0.1, 0.15) is 0 Å². The van der Waals surface area contributed by atoms with Gasteiger partial charge in [-0.3, -0.25) is 0 Å². The lowest BCUT2D eigenvalue weighted by Gasteiger charge is -2.33. The van der Waals surface area contributed by atoms with Gasteiger partial charge in [-0.25, -0.2) is 0 Å². The highest BCUT2D eigenvalue weighted by Gasteiger charge is 2.28. The molecule has 1 fully saturated rings. The van der Waals surface area contributed by atoms with Gasteiger partial charge in [0.25, 0.3) is 0 Å². The molecule has 0 saturated heterocycles. The van der Waals surface area contributed by atoms with Crippen LogP contribution in [-0.4, -0.2) is 18.3 Å². The fourth-order valence-electron chi connectivity index (χ4n) is 1.43. The van der Waals surface area contributed by atoms with E-state index in [4.69, 9.17) is 10.8 Å². The maximum atomic E-state index is 8.84. The lowest BCUT2D eigenvalue weighted by Crippen LogP contribution is -2.31. The van der Waals surface area contributed by atoms with Crippen LogP contribution in [0.25, 0.3) is 0 Å². The van der Waals surface area contributed by atoms with Crippen molar-refractivity contribution in [2.75, 3.05) is 13.2 Å². The predicted octanol–water partition coefficient (Wildman–Crippen LogP) is 0.520. The Labute approximate surface area is 61.7 Å². The number of aliphatic hydroxyl groups is 1. The van der Waals surface area contributed by atoms with Crippen molar-refractivity contribution in [1.82, 2.24) is 0 Å². The van der Waals surface area contributed by atoms with Crippen molar-refractivity contribution in [3.63, 3.8) is 0 Å². The molecule has 0 amide bonds. The standard InChI is InChI=1S/C8H15NO/c1-6-2-7(3-6)8(4-9)5-10/h7-8,10H,1-5,9H2. The van der Waals surface area contributed by atoms with E-state index in [0.29, 0.717) is 18.4 Å². The molecule has 1 aliphatic carbocycles. The predicted molar refractivity (Wildman–Crippen MR) is 41.5 cm³/mol. The third kappa shape index (κ3) is 1.39. The molecule has 0 aromatic heterocycles. The summed E-state index contributed by atoms with van der Waals surface area (Å²) >= 11 is 0. The van der Waals surface area contributed by atoms with E-state index < -0.39 is 0 Å². The van der Waals surface area contributed by atoms with E-state index in [2.05, 4.69) is 6.58 Å². The zero-order valence-corrected chi connectivity index (χ0v) is 6.21. The number of hydrogen-bond acceptors (Lipinski definition) is 2. The van der Waals surface area contributed by atoms with Gasteiger partial charge in [0.2, 0.25) is 0 Å². The molecule has 1 aliphatic rings. The maximum absolute atomic E-state index is 8.84. The van der Waals surface area contributed by atoms with Gasteiger partial charge >= 0.3 is 0 Å². The van der Waals surface area contributed by atoms with Crippen molar-refractivity contribution in [3.8, 4) is 0 Å². The molecule has 0 aliphatic heterocycles. The van der Waals surface area contributed by atoms with Crippen LogP contribution in [0.1, 0.15) is 12.8 Å². The molecule has 0 spiro atoms. The van der Waals surface area contributed by atoms with Gasteiger partial charge in [0.05, 0.1) is 0 Å². The van der Waals surface area contributed by atoms with Gasteiger partial charge in [-0.1, -0.05) is 12.2 Å². The SMILES string of the molecule is C=C1CC(C(CN)CO)C1. The summed E-state index contributed by atoms with van der Waals surface area (Å²) in [5, 5.41) is 8.84. The van der Waals surface area contributed by atoms with Crippen molar-refractivity contribution in [1.29, 1.82) is 0 Å². The average Bonchev–Trinajstić information content (AvgIpc) is 1.87. The van der Waals surface area contributed by atoms with Gasteiger partial charge in [-0.2, -0.15) is 0 Å². The summed E-state index contributed by atoms with van der Waals surface area (Å²) in [5.41, 5.74) is 6.75. The first kappa shape index (κ1) is 7.76. The normalized spacial score (nSPS) is 22.4. The number of aliphatic hydroxyl groups excluding tert-OH is 1. The zero-order valence-electron chi connectivity index (χ0n) is 6.21. The molecule has 58 valence electrons. The third-order valence-corrected chi connectivity index (χ3v) is 2.31. The van der Waals surface area contributed by atoms with Crippen LogP contribution >= 0.6 is 0 Å². The minimum absolute atomic E-state index is 0.231. The van der Waals surface area contributed by atoms with E-state index in [0.717, 1.165) is 12.8 Å². The highest BCUT2D eigenvalue weighted by atomic mass is 16.3. The first-order valence-corrected chi connectivity index (χ1v) is 3.75. The largest absolute Gasteiger partial charge is 0.396 e. The van der Waals surface area contributed by atoms with Crippen LogP contribution in [0.15, 0.2) is 12.2 Å². The number of rotatable bonds is 3. The Bertz CT molecular complexity index is 121. The highest BCUT2D eigenvalue weighted by Crippen LogP contribution is 2.36. The van der Waals surface area contributed by atoms with E-state index in [1.54, 1.807) is 0 Å². The molecule has 2 nitrogen and oxygen atoms in total. The molecule has 0 radical (unpaired) electrons. The molecule has 1 rings (SSSR count). The highest BCUT2D eigenvalue weighted by molar-refractivity contribution is 5.08. The minimum Gasteiger partial charge on any atom is -0.396 e. The average molecular weight is 141 g/mol. The van der Waals surface area contributed by atoms with Crippen LogP contribution < -0.4 is 5.73 Å². The molecule has 1 saturated carbocycles. The fraction of sp³-hybridized carbons (Fsp3) is 0.750. The van der Waals surface area contributed by atoms with E-state index in [-0.39, 0.29) is 6.61 Å². The number of hydrogen-bond donors (Lipinski definition) is 2. The first-order chi connectivity index (χ1) is 4.77. The molecular weight excluding hydrogens is 126 g/mol. The maximum Gasteiger partial charge on any atom is 0.0474 e. The van der Waals surface area contributed by atoms with Crippen molar-refractivity contribution >= 4 is 0 Å². The Morgan fingerprint density at radius 1 is 1.70 bits per heavy atom. The Hall–Kier alpha value is -0.340. The van der Waals surface area contributed by atoms with Crippen LogP contribution in [0.3, 0.4) is 0 Å². The first-order valence-electron chi connectivity index (χ1n) is 3.75. The molecule has 10 heavy (non-hydrogen) atoms. The molecule has 1 atom stereocenters. The molecule has 0 aromatic rings. The van der Waals surface area contributed by atoms with Gasteiger partial charge < -0.3 is 10.8 Å². The summed E-state index contributed by atoms with van der Waals surface area (Å²) in [5.74, 6) is 0.924. The molecule has 0 aromatic carbocycles. The van der Waals surface area contributed by atoms with Crippen molar-refractivity contribution in [2.24, 2.45) is 17.6 Å². The summed E-state index contributed by atoms with van der Waals surface area (Å²) in [4.78, 5) is 0. The third-order valence-electron chi connectivity index (χ3n) is 2.31. The van der Waals surface area contributed by atoms with Crippen LogP contribution in [0, 0.1) is 11.8 Å². The van der Waals surface area contributed by atoms with E-state index in [9.17, 15) is 0 Å². The van der Waals surface area contributed by atoms with Crippen LogP contribution in [0.5, 0.6) is 0 Å². The molecule has 2 heteroatoms.